The largest absolute Gasteiger partial charge is 0.374 e. The molecular formula is C12H18N2OS. The SMILES string of the molecule is Cc1ccn(C2CCOC3(CCSC3)C2)n1. The molecule has 0 bridgehead atoms. The predicted octanol–water partition coefficient (Wildman–Crippen LogP) is 2.42. The van der Waals surface area contributed by atoms with Crippen molar-refractivity contribution in [2.75, 3.05) is 18.1 Å². The van der Waals surface area contributed by atoms with E-state index in [9.17, 15) is 0 Å². The highest BCUT2D eigenvalue weighted by molar-refractivity contribution is 7.99. The summed E-state index contributed by atoms with van der Waals surface area (Å²) in [6, 6.07) is 2.63. The normalized spacial score (nSPS) is 34.7. The Labute approximate surface area is 101 Å². The Bertz CT molecular complexity index is 371. The van der Waals surface area contributed by atoms with E-state index in [0.717, 1.165) is 25.1 Å². The molecule has 0 amide bonds. The van der Waals surface area contributed by atoms with Crippen LogP contribution in [0.25, 0.3) is 0 Å². The molecule has 88 valence electrons. The summed E-state index contributed by atoms with van der Waals surface area (Å²) in [6.07, 6.45) is 5.57. The average Bonchev–Trinajstić information content (AvgIpc) is 2.89. The molecule has 1 aromatic heterocycles. The second kappa shape index (κ2) is 4.08. The van der Waals surface area contributed by atoms with Crippen molar-refractivity contribution >= 4 is 11.8 Å². The molecule has 0 N–H and O–H groups in total. The van der Waals surface area contributed by atoms with Gasteiger partial charge in [-0.25, -0.2) is 0 Å². The number of hydrogen-bond donors (Lipinski definition) is 0. The van der Waals surface area contributed by atoms with Crippen LogP contribution < -0.4 is 0 Å². The minimum absolute atomic E-state index is 0.160. The number of aromatic nitrogens is 2. The van der Waals surface area contributed by atoms with Gasteiger partial charge in [0.1, 0.15) is 0 Å². The Morgan fingerprint density at radius 1 is 1.62 bits per heavy atom. The van der Waals surface area contributed by atoms with Crippen LogP contribution in [0, 0.1) is 6.92 Å². The molecule has 3 heterocycles. The van der Waals surface area contributed by atoms with Gasteiger partial charge in [0.15, 0.2) is 0 Å². The Balaban J connectivity index is 1.77. The Hall–Kier alpha value is -0.480. The van der Waals surface area contributed by atoms with Gasteiger partial charge in [0.05, 0.1) is 17.3 Å². The smallest absolute Gasteiger partial charge is 0.0800 e. The molecule has 0 saturated carbocycles. The van der Waals surface area contributed by atoms with Gasteiger partial charge in [-0.3, -0.25) is 4.68 Å². The fourth-order valence-electron chi connectivity index (χ4n) is 2.73. The molecule has 0 aliphatic carbocycles. The van der Waals surface area contributed by atoms with E-state index in [-0.39, 0.29) is 5.60 Å². The molecule has 16 heavy (non-hydrogen) atoms. The molecule has 2 fully saturated rings. The minimum atomic E-state index is 0.160. The van der Waals surface area contributed by atoms with E-state index in [1.165, 1.54) is 17.9 Å². The first-order valence-electron chi connectivity index (χ1n) is 6.01. The van der Waals surface area contributed by atoms with Crippen molar-refractivity contribution in [1.29, 1.82) is 0 Å². The standard InChI is InChI=1S/C12H18N2OS/c1-10-2-5-14(13-10)11-3-6-15-12(8-11)4-7-16-9-12/h2,5,11H,3-4,6-9H2,1H3. The maximum absolute atomic E-state index is 6.02. The third-order valence-electron chi connectivity index (χ3n) is 3.65. The van der Waals surface area contributed by atoms with Crippen molar-refractivity contribution in [3.05, 3.63) is 18.0 Å². The van der Waals surface area contributed by atoms with Crippen molar-refractivity contribution in [1.82, 2.24) is 9.78 Å². The molecule has 3 nitrogen and oxygen atoms in total. The first-order valence-corrected chi connectivity index (χ1v) is 7.16. The molecule has 2 saturated heterocycles. The maximum Gasteiger partial charge on any atom is 0.0800 e. The highest BCUT2D eigenvalue weighted by Gasteiger charge is 2.41. The highest BCUT2D eigenvalue weighted by Crippen LogP contribution is 2.41. The lowest BCUT2D eigenvalue weighted by molar-refractivity contribution is -0.0778. The molecule has 4 heteroatoms. The molecule has 2 atom stereocenters. The first kappa shape index (κ1) is 10.7. The van der Waals surface area contributed by atoms with Crippen LogP contribution in [0.15, 0.2) is 12.3 Å². The van der Waals surface area contributed by atoms with Crippen molar-refractivity contribution in [3.63, 3.8) is 0 Å². The second-order valence-corrected chi connectivity index (χ2v) is 6.02. The lowest BCUT2D eigenvalue weighted by Crippen LogP contribution is -2.40. The lowest BCUT2D eigenvalue weighted by Gasteiger charge is -2.37. The molecule has 0 aromatic carbocycles. The number of thioether (sulfide) groups is 1. The van der Waals surface area contributed by atoms with E-state index in [1.807, 2.05) is 11.8 Å². The molecule has 2 aliphatic rings. The third-order valence-corrected chi connectivity index (χ3v) is 4.87. The number of aryl methyl sites for hydroxylation is 1. The van der Waals surface area contributed by atoms with Crippen LogP contribution in [0.1, 0.15) is 31.0 Å². The zero-order chi connectivity index (χ0) is 11.0. The summed E-state index contributed by atoms with van der Waals surface area (Å²) in [4.78, 5) is 0. The molecule has 2 unspecified atom stereocenters. The van der Waals surface area contributed by atoms with Gasteiger partial charge in [0, 0.05) is 18.6 Å². The van der Waals surface area contributed by atoms with E-state index in [1.54, 1.807) is 0 Å². The van der Waals surface area contributed by atoms with Gasteiger partial charge in [-0.1, -0.05) is 0 Å². The third kappa shape index (κ3) is 1.89. The molecule has 3 rings (SSSR count). The van der Waals surface area contributed by atoms with E-state index in [0.29, 0.717) is 6.04 Å². The van der Waals surface area contributed by atoms with Gasteiger partial charge in [-0.05, 0) is 38.0 Å². The van der Waals surface area contributed by atoms with Gasteiger partial charge >= 0.3 is 0 Å². The van der Waals surface area contributed by atoms with Crippen molar-refractivity contribution in [3.8, 4) is 0 Å². The number of rotatable bonds is 1. The fraction of sp³-hybridized carbons (Fsp3) is 0.750. The summed E-state index contributed by atoms with van der Waals surface area (Å²) < 4.78 is 8.16. The van der Waals surface area contributed by atoms with Gasteiger partial charge in [0.2, 0.25) is 0 Å². The molecule has 1 spiro atoms. The topological polar surface area (TPSA) is 27.1 Å². The number of nitrogens with zero attached hydrogens (tertiary/aromatic N) is 2. The summed E-state index contributed by atoms with van der Waals surface area (Å²) in [5.41, 5.74) is 1.27. The van der Waals surface area contributed by atoms with Gasteiger partial charge in [-0.15, -0.1) is 0 Å². The van der Waals surface area contributed by atoms with E-state index < -0.39 is 0 Å². The molecule has 0 radical (unpaired) electrons. The number of hydrogen-bond acceptors (Lipinski definition) is 3. The monoisotopic (exact) mass is 238 g/mol. The van der Waals surface area contributed by atoms with Crippen LogP contribution in [-0.2, 0) is 4.74 Å². The summed E-state index contributed by atoms with van der Waals surface area (Å²) in [6.45, 7) is 2.95. The van der Waals surface area contributed by atoms with Crippen LogP contribution in [0.4, 0.5) is 0 Å². The van der Waals surface area contributed by atoms with Crippen LogP contribution >= 0.6 is 11.8 Å². The summed E-state index contributed by atoms with van der Waals surface area (Å²) in [5, 5.41) is 4.54. The number of ether oxygens (including phenoxy) is 1. The van der Waals surface area contributed by atoms with Crippen molar-refractivity contribution in [2.45, 2.75) is 37.8 Å². The summed E-state index contributed by atoms with van der Waals surface area (Å²) in [5.74, 6) is 2.43. The molecule has 1 aromatic rings. The van der Waals surface area contributed by atoms with Crippen LogP contribution in [0.5, 0.6) is 0 Å². The van der Waals surface area contributed by atoms with Crippen LogP contribution in [0.3, 0.4) is 0 Å². The van der Waals surface area contributed by atoms with Gasteiger partial charge < -0.3 is 4.74 Å². The Kier molecular flexibility index (Phi) is 2.72. The van der Waals surface area contributed by atoms with E-state index >= 15 is 0 Å². The zero-order valence-electron chi connectivity index (χ0n) is 9.69. The summed E-state index contributed by atoms with van der Waals surface area (Å²) >= 11 is 2.03. The minimum Gasteiger partial charge on any atom is -0.374 e. The fourth-order valence-corrected chi connectivity index (χ4v) is 4.11. The highest BCUT2D eigenvalue weighted by atomic mass is 32.2. The van der Waals surface area contributed by atoms with Crippen LogP contribution in [0.2, 0.25) is 0 Å². The van der Waals surface area contributed by atoms with Crippen LogP contribution in [-0.4, -0.2) is 33.5 Å². The van der Waals surface area contributed by atoms with Gasteiger partial charge in [-0.2, -0.15) is 16.9 Å². The zero-order valence-corrected chi connectivity index (χ0v) is 10.5. The average molecular weight is 238 g/mol. The maximum atomic E-state index is 6.02. The Morgan fingerprint density at radius 2 is 2.56 bits per heavy atom. The summed E-state index contributed by atoms with van der Waals surface area (Å²) in [7, 11) is 0. The Morgan fingerprint density at radius 3 is 3.25 bits per heavy atom. The quantitative estimate of drug-likeness (QED) is 0.752. The van der Waals surface area contributed by atoms with Crippen molar-refractivity contribution < 1.29 is 4.74 Å². The van der Waals surface area contributed by atoms with Gasteiger partial charge in [0.25, 0.3) is 0 Å². The molecular weight excluding hydrogens is 220 g/mol. The lowest BCUT2D eigenvalue weighted by atomic mass is 9.90. The predicted molar refractivity (Wildman–Crippen MR) is 65.9 cm³/mol. The van der Waals surface area contributed by atoms with E-state index in [2.05, 4.69) is 29.0 Å². The van der Waals surface area contributed by atoms with E-state index in [4.69, 9.17) is 4.74 Å². The molecule has 2 aliphatic heterocycles. The van der Waals surface area contributed by atoms with Crippen molar-refractivity contribution in [2.24, 2.45) is 0 Å². The second-order valence-electron chi connectivity index (χ2n) is 4.92. The first-order chi connectivity index (χ1) is 7.77.